The third kappa shape index (κ3) is 4.43. The second-order valence-corrected chi connectivity index (χ2v) is 6.12. The lowest BCUT2D eigenvalue weighted by Gasteiger charge is -2.34. The predicted octanol–water partition coefficient (Wildman–Crippen LogP) is 2.45. The number of nitrogens with one attached hydrogen (secondary N) is 1. The number of nitrogens with zero attached hydrogens (tertiary/aromatic N) is 3. The van der Waals surface area contributed by atoms with Crippen LogP contribution in [0.1, 0.15) is 5.56 Å². The zero-order chi connectivity index (χ0) is 18.4. The van der Waals surface area contributed by atoms with E-state index in [1.54, 1.807) is 38.6 Å². The Hall–Kier alpha value is -2.80. The van der Waals surface area contributed by atoms with E-state index in [9.17, 15) is 4.79 Å². The minimum absolute atomic E-state index is 0.127. The molecule has 0 radical (unpaired) electrons. The van der Waals surface area contributed by atoms with Gasteiger partial charge in [-0.25, -0.2) is 4.79 Å². The van der Waals surface area contributed by atoms with Crippen LogP contribution >= 0.6 is 0 Å². The summed E-state index contributed by atoms with van der Waals surface area (Å²) in [6.07, 6.45) is 3.66. The highest BCUT2D eigenvalue weighted by Crippen LogP contribution is 2.29. The molecule has 7 nitrogen and oxygen atoms in total. The quantitative estimate of drug-likeness (QED) is 0.891. The molecule has 0 saturated carbocycles. The summed E-state index contributed by atoms with van der Waals surface area (Å²) < 4.78 is 10.5. The van der Waals surface area contributed by atoms with Crippen LogP contribution in [0.3, 0.4) is 0 Å². The Morgan fingerprint density at radius 1 is 1.15 bits per heavy atom. The number of urea groups is 1. The fourth-order valence-electron chi connectivity index (χ4n) is 2.96. The van der Waals surface area contributed by atoms with Crippen molar-refractivity contribution in [3.05, 3.63) is 48.3 Å². The molecule has 0 bridgehead atoms. The van der Waals surface area contributed by atoms with E-state index in [4.69, 9.17) is 9.47 Å². The number of pyridine rings is 1. The fourth-order valence-corrected chi connectivity index (χ4v) is 2.96. The van der Waals surface area contributed by atoms with Crippen molar-refractivity contribution in [1.82, 2.24) is 14.8 Å². The SMILES string of the molecule is COc1ccc(OC)c(NC(=O)N2CCN(Cc3cccnc3)CC2)c1. The average molecular weight is 356 g/mol. The number of hydrogen-bond donors (Lipinski definition) is 1. The van der Waals surface area contributed by atoms with Crippen LogP contribution in [0, 0.1) is 0 Å². The van der Waals surface area contributed by atoms with Crippen LogP contribution in [-0.2, 0) is 6.54 Å². The third-order valence-electron chi connectivity index (χ3n) is 4.44. The number of amides is 2. The van der Waals surface area contributed by atoms with Crippen molar-refractivity contribution in [3.63, 3.8) is 0 Å². The molecule has 1 aliphatic rings. The summed E-state index contributed by atoms with van der Waals surface area (Å²) in [6.45, 7) is 3.87. The average Bonchev–Trinajstić information content (AvgIpc) is 2.69. The maximum atomic E-state index is 12.6. The van der Waals surface area contributed by atoms with Crippen LogP contribution in [0.15, 0.2) is 42.7 Å². The molecule has 1 saturated heterocycles. The molecule has 0 unspecified atom stereocenters. The van der Waals surface area contributed by atoms with E-state index in [1.165, 1.54) is 5.56 Å². The first kappa shape index (κ1) is 18.0. The normalized spacial score (nSPS) is 14.8. The van der Waals surface area contributed by atoms with Gasteiger partial charge in [-0.15, -0.1) is 0 Å². The summed E-state index contributed by atoms with van der Waals surface area (Å²) in [7, 11) is 3.17. The number of hydrogen-bond acceptors (Lipinski definition) is 5. The number of anilines is 1. The molecule has 26 heavy (non-hydrogen) atoms. The van der Waals surface area contributed by atoms with Gasteiger partial charge >= 0.3 is 6.03 Å². The number of ether oxygens (including phenoxy) is 2. The number of carbonyl (C=O) groups excluding carboxylic acids is 1. The third-order valence-corrected chi connectivity index (χ3v) is 4.44. The zero-order valence-corrected chi connectivity index (χ0v) is 15.1. The van der Waals surface area contributed by atoms with Crippen molar-refractivity contribution < 1.29 is 14.3 Å². The second kappa shape index (κ2) is 8.53. The van der Waals surface area contributed by atoms with Gasteiger partial charge in [0.25, 0.3) is 0 Å². The van der Waals surface area contributed by atoms with Gasteiger partial charge in [0.2, 0.25) is 0 Å². The topological polar surface area (TPSA) is 66.9 Å². The van der Waals surface area contributed by atoms with Gasteiger partial charge in [-0.1, -0.05) is 6.07 Å². The van der Waals surface area contributed by atoms with Crippen LogP contribution in [0.4, 0.5) is 10.5 Å². The Labute approximate surface area is 153 Å². The number of aromatic nitrogens is 1. The first-order valence-electron chi connectivity index (χ1n) is 8.59. The minimum Gasteiger partial charge on any atom is -0.497 e. The van der Waals surface area contributed by atoms with E-state index in [0.29, 0.717) is 30.3 Å². The molecule has 138 valence electrons. The Morgan fingerprint density at radius 2 is 1.96 bits per heavy atom. The van der Waals surface area contributed by atoms with E-state index >= 15 is 0 Å². The molecule has 0 spiro atoms. The molecular formula is C19H24N4O3. The number of methoxy groups -OCH3 is 2. The molecule has 1 aromatic heterocycles. The highest BCUT2D eigenvalue weighted by molar-refractivity contribution is 5.91. The highest BCUT2D eigenvalue weighted by atomic mass is 16.5. The maximum Gasteiger partial charge on any atom is 0.322 e. The van der Waals surface area contributed by atoms with Crippen molar-refractivity contribution >= 4 is 11.7 Å². The second-order valence-electron chi connectivity index (χ2n) is 6.12. The van der Waals surface area contributed by atoms with E-state index in [-0.39, 0.29) is 6.03 Å². The largest absolute Gasteiger partial charge is 0.497 e. The number of benzene rings is 1. The number of carbonyl (C=O) groups is 1. The van der Waals surface area contributed by atoms with Gasteiger partial charge in [-0.2, -0.15) is 0 Å². The zero-order valence-electron chi connectivity index (χ0n) is 15.1. The van der Waals surface area contributed by atoms with Crippen LogP contribution in [0.25, 0.3) is 0 Å². The molecular weight excluding hydrogens is 332 g/mol. The van der Waals surface area contributed by atoms with Gasteiger partial charge in [0.1, 0.15) is 11.5 Å². The summed E-state index contributed by atoms with van der Waals surface area (Å²) in [5, 5.41) is 2.92. The van der Waals surface area contributed by atoms with Gasteiger partial charge in [-0.05, 0) is 23.8 Å². The van der Waals surface area contributed by atoms with Crippen LogP contribution in [0.5, 0.6) is 11.5 Å². The lowest BCUT2D eigenvalue weighted by molar-refractivity contribution is 0.143. The van der Waals surface area contributed by atoms with E-state index in [1.807, 2.05) is 17.2 Å². The highest BCUT2D eigenvalue weighted by Gasteiger charge is 2.22. The molecule has 1 fully saturated rings. The summed E-state index contributed by atoms with van der Waals surface area (Å²) in [6, 6.07) is 9.22. The van der Waals surface area contributed by atoms with Gasteiger partial charge in [0.15, 0.2) is 0 Å². The van der Waals surface area contributed by atoms with Gasteiger partial charge in [0, 0.05) is 51.2 Å². The van der Waals surface area contributed by atoms with Crippen molar-refractivity contribution in [3.8, 4) is 11.5 Å². The lowest BCUT2D eigenvalue weighted by atomic mass is 10.2. The first-order valence-corrected chi connectivity index (χ1v) is 8.59. The standard InChI is InChI=1S/C19H24N4O3/c1-25-16-5-6-18(26-2)17(12-16)21-19(24)23-10-8-22(9-11-23)14-15-4-3-7-20-13-15/h3-7,12-13H,8-11,14H2,1-2H3,(H,21,24). The molecule has 2 aromatic rings. The summed E-state index contributed by atoms with van der Waals surface area (Å²) in [5.74, 6) is 1.27. The minimum atomic E-state index is -0.127. The molecule has 2 heterocycles. The molecule has 0 atom stereocenters. The number of piperazine rings is 1. The molecule has 1 N–H and O–H groups in total. The van der Waals surface area contributed by atoms with Crippen molar-refractivity contribution in [2.45, 2.75) is 6.54 Å². The Kier molecular flexibility index (Phi) is 5.91. The van der Waals surface area contributed by atoms with E-state index in [0.717, 1.165) is 19.6 Å². The van der Waals surface area contributed by atoms with E-state index in [2.05, 4.69) is 21.3 Å². The summed E-state index contributed by atoms with van der Waals surface area (Å²) in [4.78, 5) is 20.9. The van der Waals surface area contributed by atoms with Crippen LogP contribution in [-0.4, -0.2) is 61.2 Å². The smallest absolute Gasteiger partial charge is 0.322 e. The Morgan fingerprint density at radius 3 is 2.62 bits per heavy atom. The van der Waals surface area contributed by atoms with Crippen molar-refractivity contribution in [1.29, 1.82) is 0 Å². The van der Waals surface area contributed by atoms with Crippen LogP contribution < -0.4 is 14.8 Å². The van der Waals surface area contributed by atoms with Gasteiger partial charge < -0.3 is 19.7 Å². The van der Waals surface area contributed by atoms with E-state index < -0.39 is 0 Å². The molecule has 1 aliphatic heterocycles. The molecule has 0 aliphatic carbocycles. The van der Waals surface area contributed by atoms with Crippen LogP contribution in [0.2, 0.25) is 0 Å². The molecule has 7 heteroatoms. The predicted molar refractivity (Wildman–Crippen MR) is 99.7 cm³/mol. The molecule has 1 aromatic carbocycles. The summed E-state index contributed by atoms with van der Waals surface area (Å²) in [5.41, 5.74) is 1.79. The Bertz CT molecular complexity index is 731. The van der Waals surface area contributed by atoms with Crippen molar-refractivity contribution in [2.24, 2.45) is 0 Å². The summed E-state index contributed by atoms with van der Waals surface area (Å²) >= 11 is 0. The van der Waals surface area contributed by atoms with Crippen molar-refractivity contribution in [2.75, 3.05) is 45.7 Å². The fraction of sp³-hybridized carbons (Fsp3) is 0.368. The molecule has 2 amide bonds. The monoisotopic (exact) mass is 356 g/mol. The molecule has 3 rings (SSSR count). The Balaban J connectivity index is 1.55. The number of rotatable bonds is 5. The maximum absolute atomic E-state index is 12.6. The first-order chi connectivity index (χ1) is 12.7. The van der Waals surface area contributed by atoms with Gasteiger partial charge in [0.05, 0.1) is 19.9 Å². The van der Waals surface area contributed by atoms with Gasteiger partial charge in [-0.3, -0.25) is 9.88 Å². The lowest BCUT2D eigenvalue weighted by Crippen LogP contribution is -2.49.